The minimum Gasteiger partial charge on any atom is -0.457 e. The topological polar surface area (TPSA) is 81.7 Å². The Labute approximate surface area is 172 Å². The average molecular weight is 409 g/mol. The van der Waals surface area contributed by atoms with Gasteiger partial charge in [-0.25, -0.2) is 0 Å². The number of esters is 1. The fraction of sp³-hybridized carbons (Fsp3) is 0.136. The standard InChI is InChI=1S/C22H19NO5S/c24-19(20-7-4-14-29-20)12-13-22(26)27-15-21(25)23-16-8-10-18(11-9-16)28-17-5-2-1-3-6-17/h1-11,14H,12-13,15H2,(H,23,25). The zero-order chi connectivity index (χ0) is 20.5. The summed E-state index contributed by atoms with van der Waals surface area (Å²) in [6.07, 6.45) is -0.000618. The Hall–Kier alpha value is -3.45. The molecule has 0 fully saturated rings. The lowest BCUT2D eigenvalue weighted by atomic mass is 10.2. The van der Waals surface area contributed by atoms with Crippen molar-refractivity contribution in [3.05, 3.63) is 77.0 Å². The molecule has 0 unspecified atom stereocenters. The number of Topliss-reactive ketones (excluding diaryl/α,β-unsaturated/α-hetero) is 1. The van der Waals surface area contributed by atoms with Gasteiger partial charge in [-0.1, -0.05) is 24.3 Å². The van der Waals surface area contributed by atoms with Gasteiger partial charge in [-0.15, -0.1) is 11.3 Å². The number of carbonyl (C=O) groups excluding carboxylic acids is 3. The van der Waals surface area contributed by atoms with Crippen molar-refractivity contribution >= 4 is 34.7 Å². The molecule has 0 saturated carbocycles. The molecule has 0 spiro atoms. The van der Waals surface area contributed by atoms with Crippen molar-refractivity contribution in [3.8, 4) is 11.5 Å². The molecule has 0 aliphatic rings. The summed E-state index contributed by atoms with van der Waals surface area (Å²) in [5, 5.41) is 4.44. The van der Waals surface area contributed by atoms with Gasteiger partial charge in [0.15, 0.2) is 12.4 Å². The second kappa shape index (κ2) is 10.2. The number of thiophene rings is 1. The van der Waals surface area contributed by atoms with Crippen LogP contribution in [0, 0.1) is 0 Å². The maximum absolute atomic E-state index is 11.9. The third-order valence-electron chi connectivity index (χ3n) is 3.83. The molecule has 0 aliphatic carbocycles. The van der Waals surface area contributed by atoms with Gasteiger partial charge in [-0.2, -0.15) is 0 Å². The number of amides is 1. The maximum Gasteiger partial charge on any atom is 0.306 e. The monoisotopic (exact) mass is 409 g/mol. The Morgan fingerprint density at radius 3 is 2.24 bits per heavy atom. The van der Waals surface area contributed by atoms with Crippen molar-refractivity contribution in [2.45, 2.75) is 12.8 Å². The van der Waals surface area contributed by atoms with Crippen molar-refractivity contribution in [2.75, 3.05) is 11.9 Å². The van der Waals surface area contributed by atoms with Crippen LogP contribution in [0.4, 0.5) is 5.69 Å². The van der Waals surface area contributed by atoms with Crippen molar-refractivity contribution in [1.82, 2.24) is 0 Å². The van der Waals surface area contributed by atoms with Crippen LogP contribution in [-0.4, -0.2) is 24.3 Å². The molecule has 7 heteroatoms. The van der Waals surface area contributed by atoms with E-state index in [9.17, 15) is 14.4 Å². The second-order valence-corrected chi connectivity index (χ2v) is 7.00. The highest BCUT2D eigenvalue weighted by Crippen LogP contribution is 2.22. The number of rotatable bonds is 9. The van der Waals surface area contributed by atoms with Gasteiger partial charge in [0.2, 0.25) is 0 Å². The van der Waals surface area contributed by atoms with E-state index in [1.165, 1.54) is 11.3 Å². The van der Waals surface area contributed by atoms with E-state index in [4.69, 9.17) is 9.47 Å². The summed E-state index contributed by atoms with van der Waals surface area (Å²) < 4.78 is 10.6. The van der Waals surface area contributed by atoms with Crippen molar-refractivity contribution in [2.24, 2.45) is 0 Å². The van der Waals surface area contributed by atoms with Gasteiger partial charge in [0.1, 0.15) is 11.5 Å². The summed E-state index contributed by atoms with van der Waals surface area (Å²) in [5.74, 6) is 0.195. The fourth-order valence-electron chi connectivity index (χ4n) is 2.42. The van der Waals surface area contributed by atoms with Crippen LogP contribution in [0.3, 0.4) is 0 Å². The molecule has 29 heavy (non-hydrogen) atoms. The van der Waals surface area contributed by atoms with E-state index in [1.54, 1.807) is 41.8 Å². The Bertz CT molecular complexity index is 953. The SMILES string of the molecule is O=C(COC(=O)CCC(=O)c1cccs1)Nc1ccc(Oc2ccccc2)cc1. The number of hydrogen-bond donors (Lipinski definition) is 1. The van der Waals surface area contributed by atoms with Gasteiger partial charge >= 0.3 is 5.97 Å². The summed E-state index contributed by atoms with van der Waals surface area (Å²) in [7, 11) is 0. The zero-order valence-electron chi connectivity index (χ0n) is 15.5. The lowest BCUT2D eigenvalue weighted by Gasteiger charge is -2.08. The number of hydrogen-bond acceptors (Lipinski definition) is 6. The first kappa shape index (κ1) is 20.3. The molecule has 1 N–H and O–H groups in total. The first-order chi connectivity index (χ1) is 14.1. The Balaban J connectivity index is 1.38. The third kappa shape index (κ3) is 6.58. The molecule has 6 nitrogen and oxygen atoms in total. The van der Waals surface area contributed by atoms with Crippen LogP contribution in [0.2, 0.25) is 0 Å². The number of carbonyl (C=O) groups is 3. The van der Waals surface area contributed by atoms with E-state index < -0.39 is 18.5 Å². The number of nitrogens with one attached hydrogen (secondary N) is 1. The Morgan fingerprint density at radius 2 is 1.55 bits per heavy atom. The highest BCUT2D eigenvalue weighted by atomic mass is 32.1. The molecular weight excluding hydrogens is 390 g/mol. The van der Waals surface area contributed by atoms with E-state index in [1.807, 2.05) is 30.3 Å². The van der Waals surface area contributed by atoms with E-state index >= 15 is 0 Å². The normalized spacial score (nSPS) is 10.2. The van der Waals surface area contributed by atoms with Gasteiger partial charge in [-0.05, 0) is 47.8 Å². The summed E-state index contributed by atoms with van der Waals surface area (Å²) in [5.41, 5.74) is 0.555. The molecule has 148 valence electrons. The van der Waals surface area contributed by atoms with Crippen LogP contribution in [-0.2, 0) is 14.3 Å². The van der Waals surface area contributed by atoms with E-state index in [2.05, 4.69) is 5.32 Å². The molecule has 3 aromatic rings. The molecule has 0 aliphatic heterocycles. The van der Waals surface area contributed by atoms with E-state index in [0.717, 1.165) is 0 Å². The minimum atomic E-state index is -0.586. The molecule has 1 heterocycles. The first-order valence-corrected chi connectivity index (χ1v) is 9.83. The Morgan fingerprint density at radius 1 is 0.828 bits per heavy atom. The molecule has 0 saturated heterocycles. The number of ether oxygens (including phenoxy) is 2. The lowest BCUT2D eigenvalue weighted by Crippen LogP contribution is -2.21. The average Bonchev–Trinajstić information content (AvgIpc) is 3.28. The second-order valence-electron chi connectivity index (χ2n) is 6.05. The maximum atomic E-state index is 11.9. The fourth-order valence-corrected chi connectivity index (χ4v) is 3.12. The predicted octanol–water partition coefficient (Wildman–Crippen LogP) is 4.69. The summed E-state index contributed by atoms with van der Waals surface area (Å²) in [6.45, 7) is -0.408. The number of anilines is 1. The van der Waals surface area contributed by atoms with Crippen LogP contribution >= 0.6 is 11.3 Å². The first-order valence-electron chi connectivity index (χ1n) is 8.95. The van der Waals surface area contributed by atoms with Crippen LogP contribution in [0.15, 0.2) is 72.1 Å². The zero-order valence-corrected chi connectivity index (χ0v) is 16.3. The Kier molecular flexibility index (Phi) is 7.13. The van der Waals surface area contributed by atoms with Gasteiger partial charge < -0.3 is 14.8 Å². The number of ketones is 1. The molecule has 1 aromatic heterocycles. The van der Waals surface area contributed by atoms with Crippen molar-refractivity contribution < 1.29 is 23.9 Å². The highest BCUT2D eigenvalue weighted by molar-refractivity contribution is 7.12. The molecule has 0 atom stereocenters. The number of benzene rings is 2. The quantitative estimate of drug-likeness (QED) is 0.410. The van der Waals surface area contributed by atoms with E-state index in [0.29, 0.717) is 22.1 Å². The van der Waals surface area contributed by atoms with Crippen molar-refractivity contribution in [1.29, 1.82) is 0 Å². The van der Waals surface area contributed by atoms with Gasteiger partial charge in [0.05, 0.1) is 11.3 Å². The van der Waals surface area contributed by atoms with Crippen LogP contribution in [0.25, 0.3) is 0 Å². The smallest absolute Gasteiger partial charge is 0.306 e. The van der Waals surface area contributed by atoms with Gasteiger partial charge in [0, 0.05) is 12.1 Å². The van der Waals surface area contributed by atoms with E-state index in [-0.39, 0.29) is 18.6 Å². The predicted molar refractivity (Wildman–Crippen MR) is 110 cm³/mol. The minimum absolute atomic E-state index is 0.0594. The summed E-state index contributed by atoms with van der Waals surface area (Å²) >= 11 is 1.33. The van der Waals surface area contributed by atoms with Crippen LogP contribution < -0.4 is 10.1 Å². The van der Waals surface area contributed by atoms with Gasteiger partial charge in [-0.3, -0.25) is 14.4 Å². The molecule has 0 radical (unpaired) electrons. The van der Waals surface area contributed by atoms with Crippen LogP contribution in [0.1, 0.15) is 22.5 Å². The molecule has 2 aromatic carbocycles. The number of para-hydroxylation sites is 1. The van der Waals surface area contributed by atoms with Crippen molar-refractivity contribution in [3.63, 3.8) is 0 Å². The highest BCUT2D eigenvalue weighted by Gasteiger charge is 2.12. The summed E-state index contributed by atoms with van der Waals surface area (Å²) in [6, 6.07) is 19.7. The summed E-state index contributed by atoms with van der Waals surface area (Å²) in [4.78, 5) is 36.1. The molecule has 3 rings (SSSR count). The largest absolute Gasteiger partial charge is 0.457 e. The molecule has 1 amide bonds. The third-order valence-corrected chi connectivity index (χ3v) is 4.74. The molecular formula is C22H19NO5S. The van der Waals surface area contributed by atoms with Gasteiger partial charge in [0.25, 0.3) is 5.91 Å². The molecule has 0 bridgehead atoms. The van der Waals surface area contributed by atoms with Crippen LogP contribution in [0.5, 0.6) is 11.5 Å². The lowest BCUT2D eigenvalue weighted by molar-refractivity contribution is -0.147.